The van der Waals surface area contributed by atoms with Crippen LogP contribution in [0.25, 0.3) is 0 Å². The molecule has 21 heavy (non-hydrogen) atoms. The van der Waals surface area contributed by atoms with E-state index >= 15 is 0 Å². The summed E-state index contributed by atoms with van der Waals surface area (Å²) >= 11 is 5.92. The summed E-state index contributed by atoms with van der Waals surface area (Å²) in [4.78, 5) is 12.5. The summed E-state index contributed by atoms with van der Waals surface area (Å²) in [7, 11) is 0. The fourth-order valence-electron chi connectivity index (χ4n) is 1.90. The van der Waals surface area contributed by atoms with E-state index in [9.17, 15) is 9.18 Å². The van der Waals surface area contributed by atoms with Gasteiger partial charge in [-0.05, 0) is 49.7 Å². The number of carbonyl (C=O) groups excluding carboxylic acids is 1. The summed E-state index contributed by atoms with van der Waals surface area (Å²) < 4.78 is 13.0. The number of nitrogen functional groups attached to an aromatic ring is 1. The molecule has 0 aliphatic carbocycles. The standard InChI is InChI=1S/C16H16ClFN2O/c1-16(2,10-3-6-12(19)7-4-10)15(21)20-14-8-5-11(18)9-13(14)17/h3-9H,19H2,1-2H3,(H,20,21). The van der Waals surface area contributed by atoms with Crippen molar-refractivity contribution in [3.05, 3.63) is 58.9 Å². The molecule has 1 amide bonds. The van der Waals surface area contributed by atoms with Crippen molar-refractivity contribution >= 4 is 28.9 Å². The van der Waals surface area contributed by atoms with Crippen LogP contribution in [0.3, 0.4) is 0 Å². The summed E-state index contributed by atoms with van der Waals surface area (Å²) in [5.74, 6) is -0.684. The lowest BCUT2D eigenvalue weighted by atomic mass is 9.83. The Balaban J connectivity index is 2.24. The molecule has 2 aromatic carbocycles. The van der Waals surface area contributed by atoms with E-state index in [1.807, 2.05) is 0 Å². The van der Waals surface area contributed by atoms with Crippen molar-refractivity contribution in [2.24, 2.45) is 0 Å². The van der Waals surface area contributed by atoms with Crippen molar-refractivity contribution in [2.45, 2.75) is 19.3 Å². The molecule has 0 aromatic heterocycles. The van der Waals surface area contributed by atoms with Crippen molar-refractivity contribution in [2.75, 3.05) is 11.1 Å². The number of anilines is 2. The van der Waals surface area contributed by atoms with Crippen molar-refractivity contribution in [3.63, 3.8) is 0 Å². The van der Waals surface area contributed by atoms with Crippen LogP contribution in [0.1, 0.15) is 19.4 Å². The van der Waals surface area contributed by atoms with Crippen LogP contribution in [-0.2, 0) is 10.2 Å². The van der Waals surface area contributed by atoms with Gasteiger partial charge in [-0.1, -0.05) is 23.7 Å². The molecule has 5 heteroatoms. The van der Waals surface area contributed by atoms with Gasteiger partial charge in [-0.2, -0.15) is 0 Å². The van der Waals surface area contributed by atoms with E-state index in [0.717, 1.165) is 11.6 Å². The fraction of sp³-hybridized carbons (Fsp3) is 0.188. The molecule has 110 valence electrons. The summed E-state index contributed by atoms with van der Waals surface area (Å²) in [6.07, 6.45) is 0. The second kappa shape index (κ2) is 5.74. The van der Waals surface area contributed by atoms with Crippen LogP contribution in [0.15, 0.2) is 42.5 Å². The highest BCUT2D eigenvalue weighted by molar-refractivity contribution is 6.33. The SMILES string of the molecule is CC(C)(C(=O)Nc1ccc(F)cc1Cl)c1ccc(N)cc1. The minimum absolute atomic E-state index is 0.163. The van der Waals surface area contributed by atoms with Crippen molar-refractivity contribution in [3.8, 4) is 0 Å². The number of amides is 1. The third kappa shape index (κ3) is 3.34. The average molecular weight is 307 g/mol. The molecule has 0 saturated heterocycles. The fourth-order valence-corrected chi connectivity index (χ4v) is 2.11. The maximum atomic E-state index is 13.0. The maximum absolute atomic E-state index is 13.0. The summed E-state index contributed by atoms with van der Waals surface area (Å²) in [6, 6.07) is 11.0. The zero-order valence-corrected chi connectivity index (χ0v) is 12.5. The summed E-state index contributed by atoms with van der Waals surface area (Å²) in [5, 5.41) is 2.89. The molecule has 0 unspecified atom stereocenters. The first kappa shape index (κ1) is 15.3. The second-order valence-electron chi connectivity index (χ2n) is 5.33. The average Bonchev–Trinajstić information content (AvgIpc) is 2.42. The molecule has 0 saturated carbocycles. The van der Waals surface area contributed by atoms with Crippen LogP contribution < -0.4 is 11.1 Å². The number of hydrogen-bond donors (Lipinski definition) is 2. The van der Waals surface area contributed by atoms with Gasteiger partial charge in [0, 0.05) is 5.69 Å². The monoisotopic (exact) mass is 306 g/mol. The smallest absolute Gasteiger partial charge is 0.234 e. The van der Waals surface area contributed by atoms with E-state index < -0.39 is 11.2 Å². The molecule has 2 rings (SSSR count). The Morgan fingerprint density at radius 3 is 2.38 bits per heavy atom. The van der Waals surface area contributed by atoms with Crippen LogP contribution >= 0.6 is 11.6 Å². The summed E-state index contributed by atoms with van der Waals surface area (Å²) in [5.41, 5.74) is 6.72. The Morgan fingerprint density at radius 2 is 1.81 bits per heavy atom. The Kier molecular flexibility index (Phi) is 4.19. The molecular weight excluding hydrogens is 291 g/mol. The minimum atomic E-state index is -0.772. The molecule has 0 bridgehead atoms. The maximum Gasteiger partial charge on any atom is 0.234 e. The van der Waals surface area contributed by atoms with Gasteiger partial charge in [-0.25, -0.2) is 4.39 Å². The number of nitrogens with one attached hydrogen (secondary N) is 1. The number of carbonyl (C=O) groups is 1. The molecular formula is C16H16ClFN2O. The number of halogens is 2. The topological polar surface area (TPSA) is 55.1 Å². The molecule has 0 heterocycles. The lowest BCUT2D eigenvalue weighted by Crippen LogP contribution is -2.34. The third-order valence-electron chi connectivity index (χ3n) is 3.38. The first-order chi connectivity index (χ1) is 9.80. The van der Waals surface area contributed by atoms with E-state index in [2.05, 4.69) is 5.32 Å². The Labute approximate surface area is 127 Å². The second-order valence-corrected chi connectivity index (χ2v) is 5.73. The van der Waals surface area contributed by atoms with Crippen LogP contribution in [0.2, 0.25) is 5.02 Å². The molecule has 3 nitrogen and oxygen atoms in total. The Hall–Kier alpha value is -2.07. The number of hydrogen-bond acceptors (Lipinski definition) is 2. The molecule has 0 aliphatic heterocycles. The molecule has 2 aromatic rings. The lowest BCUT2D eigenvalue weighted by Gasteiger charge is -2.24. The Bertz CT molecular complexity index is 668. The normalized spacial score (nSPS) is 11.2. The van der Waals surface area contributed by atoms with Crippen LogP contribution in [0, 0.1) is 5.82 Å². The molecule has 0 atom stereocenters. The van der Waals surface area contributed by atoms with Gasteiger partial charge in [0.25, 0.3) is 0 Å². The van der Waals surface area contributed by atoms with Gasteiger partial charge in [-0.3, -0.25) is 4.79 Å². The van der Waals surface area contributed by atoms with E-state index in [1.165, 1.54) is 12.1 Å². The number of nitrogens with two attached hydrogens (primary N) is 1. The highest BCUT2D eigenvalue weighted by atomic mass is 35.5. The van der Waals surface area contributed by atoms with E-state index in [1.54, 1.807) is 38.1 Å². The van der Waals surface area contributed by atoms with Gasteiger partial charge in [0.2, 0.25) is 5.91 Å². The van der Waals surface area contributed by atoms with Gasteiger partial charge in [0.15, 0.2) is 0 Å². The van der Waals surface area contributed by atoms with Gasteiger partial charge in [-0.15, -0.1) is 0 Å². The zero-order valence-electron chi connectivity index (χ0n) is 11.8. The van der Waals surface area contributed by atoms with E-state index in [4.69, 9.17) is 17.3 Å². The first-order valence-corrected chi connectivity index (χ1v) is 6.81. The van der Waals surface area contributed by atoms with Gasteiger partial charge < -0.3 is 11.1 Å². The molecule has 0 spiro atoms. The molecule has 0 radical (unpaired) electrons. The van der Waals surface area contributed by atoms with Gasteiger partial charge >= 0.3 is 0 Å². The lowest BCUT2D eigenvalue weighted by molar-refractivity contribution is -0.120. The van der Waals surface area contributed by atoms with Crippen molar-refractivity contribution in [1.82, 2.24) is 0 Å². The molecule has 3 N–H and O–H groups in total. The predicted molar refractivity (Wildman–Crippen MR) is 83.9 cm³/mol. The zero-order chi connectivity index (χ0) is 15.6. The van der Waals surface area contributed by atoms with Crippen LogP contribution in [-0.4, -0.2) is 5.91 Å². The summed E-state index contributed by atoms with van der Waals surface area (Å²) in [6.45, 7) is 3.59. The largest absolute Gasteiger partial charge is 0.399 e. The highest BCUT2D eigenvalue weighted by Crippen LogP contribution is 2.28. The van der Waals surface area contributed by atoms with Crippen LogP contribution in [0.4, 0.5) is 15.8 Å². The van der Waals surface area contributed by atoms with Crippen LogP contribution in [0.5, 0.6) is 0 Å². The number of benzene rings is 2. The first-order valence-electron chi connectivity index (χ1n) is 6.43. The minimum Gasteiger partial charge on any atom is -0.399 e. The van der Waals surface area contributed by atoms with E-state index in [0.29, 0.717) is 11.4 Å². The molecule has 0 aliphatic rings. The van der Waals surface area contributed by atoms with E-state index in [-0.39, 0.29) is 10.9 Å². The Morgan fingerprint density at radius 1 is 1.19 bits per heavy atom. The van der Waals surface area contributed by atoms with Gasteiger partial charge in [0.1, 0.15) is 5.82 Å². The molecule has 0 fully saturated rings. The third-order valence-corrected chi connectivity index (χ3v) is 3.69. The van der Waals surface area contributed by atoms with Crippen molar-refractivity contribution in [1.29, 1.82) is 0 Å². The van der Waals surface area contributed by atoms with Crippen molar-refractivity contribution < 1.29 is 9.18 Å². The number of rotatable bonds is 3. The quantitative estimate of drug-likeness (QED) is 0.843. The highest BCUT2D eigenvalue weighted by Gasteiger charge is 2.30. The predicted octanol–water partition coefficient (Wildman–Crippen LogP) is 3.98. The van der Waals surface area contributed by atoms with Gasteiger partial charge in [0.05, 0.1) is 16.1 Å².